The van der Waals surface area contributed by atoms with Crippen molar-refractivity contribution in [3.8, 4) is 0 Å². The molecule has 2 N–H and O–H groups in total. The maximum Gasteiger partial charge on any atom is 0.319 e. The molecule has 0 spiro atoms. The average molecular weight is 457 g/mol. The van der Waals surface area contributed by atoms with E-state index in [4.69, 9.17) is 16.3 Å². The van der Waals surface area contributed by atoms with Crippen molar-refractivity contribution in [1.29, 1.82) is 0 Å². The number of nitrogens with one attached hydrogen (secondary N) is 2. The number of benzene rings is 2. The first-order valence-electron chi connectivity index (χ1n) is 10.5. The number of hydrogen-bond donors (Lipinski definition) is 2. The fourth-order valence-electron chi connectivity index (χ4n) is 4.18. The fourth-order valence-corrected chi connectivity index (χ4v) is 4.42. The van der Waals surface area contributed by atoms with Crippen LogP contribution in [0.5, 0.6) is 0 Å². The summed E-state index contributed by atoms with van der Waals surface area (Å²) in [7, 11) is 1.49. The Morgan fingerprint density at radius 3 is 2.75 bits per heavy atom. The molecule has 168 valence electrons. The third-order valence-corrected chi connectivity index (χ3v) is 6.01. The van der Waals surface area contributed by atoms with Crippen LogP contribution in [0.25, 0.3) is 0 Å². The van der Waals surface area contributed by atoms with Gasteiger partial charge in [0.15, 0.2) is 0 Å². The summed E-state index contributed by atoms with van der Waals surface area (Å²) in [6.45, 7) is 1.18. The standard InChI is InChI=1S/C23H25ClN4O4/c1-32-14-21(29)27-12-10-15-13-16(8-9-19(15)27)25-23(31)26-18-6-4-11-28(22(18)30)20-7-3-2-5-17(20)24/h2-3,5,7-9,13,18H,4,6,10-12,14H2,1H3,(H2,25,26,31). The number of rotatable bonds is 5. The van der Waals surface area contributed by atoms with Gasteiger partial charge in [0.2, 0.25) is 5.91 Å². The summed E-state index contributed by atoms with van der Waals surface area (Å²) < 4.78 is 4.94. The summed E-state index contributed by atoms with van der Waals surface area (Å²) in [4.78, 5) is 41.0. The highest BCUT2D eigenvalue weighted by Gasteiger charge is 2.32. The minimum atomic E-state index is -0.628. The van der Waals surface area contributed by atoms with Gasteiger partial charge in [0, 0.05) is 31.6 Å². The maximum atomic E-state index is 12.9. The van der Waals surface area contributed by atoms with Gasteiger partial charge in [-0.05, 0) is 55.2 Å². The van der Waals surface area contributed by atoms with Gasteiger partial charge in [0.05, 0.1) is 10.7 Å². The average Bonchev–Trinajstić information content (AvgIpc) is 3.19. The van der Waals surface area contributed by atoms with Crippen molar-refractivity contribution in [3.63, 3.8) is 0 Å². The number of halogens is 1. The van der Waals surface area contributed by atoms with Crippen molar-refractivity contribution in [2.45, 2.75) is 25.3 Å². The van der Waals surface area contributed by atoms with Crippen molar-refractivity contribution in [2.24, 2.45) is 0 Å². The Kier molecular flexibility index (Phi) is 6.62. The van der Waals surface area contributed by atoms with E-state index in [1.807, 2.05) is 24.3 Å². The zero-order valence-corrected chi connectivity index (χ0v) is 18.5. The lowest BCUT2D eigenvalue weighted by atomic mass is 10.0. The summed E-state index contributed by atoms with van der Waals surface area (Å²) in [5, 5.41) is 6.08. The molecule has 9 heteroatoms. The van der Waals surface area contributed by atoms with E-state index in [1.54, 1.807) is 28.0 Å². The highest BCUT2D eigenvalue weighted by molar-refractivity contribution is 6.33. The van der Waals surface area contributed by atoms with Crippen molar-refractivity contribution >= 4 is 46.5 Å². The second-order valence-electron chi connectivity index (χ2n) is 7.81. The molecule has 2 aromatic carbocycles. The monoisotopic (exact) mass is 456 g/mol. The topological polar surface area (TPSA) is 91.0 Å². The van der Waals surface area contributed by atoms with Crippen LogP contribution in [0.4, 0.5) is 21.9 Å². The second-order valence-corrected chi connectivity index (χ2v) is 8.21. The molecule has 2 aliphatic heterocycles. The number of methoxy groups -OCH3 is 1. The van der Waals surface area contributed by atoms with E-state index in [9.17, 15) is 14.4 Å². The molecule has 1 fully saturated rings. The second kappa shape index (κ2) is 9.58. The first-order chi connectivity index (χ1) is 15.5. The lowest BCUT2D eigenvalue weighted by molar-refractivity contribution is -0.122. The number of piperidine rings is 1. The minimum Gasteiger partial charge on any atom is -0.375 e. The van der Waals surface area contributed by atoms with E-state index in [0.717, 1.165) is 17.7 Å². The van der Waals surface area contributed by atoms with Crippen LogP contribution in [0.1, 0.15) is 18.4 Å². The lowest BCUT2D eigenvalue weighted by Crippen LogP contribution is -2.53. The Morgan fingerprint density at radius 2 is 1.97 bits per heavy atom. The molecule has 0 radical (unpaired) electrons. The van der Waals surface area contributed by atoms with Crippen LogP contribution < -0.4 is 20.4 Å². The van der Waals surface area contributed by atoms with E-state index in [0.29, 0.717) is 42.3 Å². The predicted molar refractivity (Wildman–Crippen MR) is 123 cm³/mol. The number of carbonyl (C=O) groups excluding carboxylic acids is 3. The molecule has 2 aromatic rings. The Balaban J connectivity index is 1.39. The van der Waals surface area contributed by atoms with Gasteiger partial charge in [-0.3, -0.25) is 9.59 Å². The number of para-hydroxylation sites is 1. The largest absolute Gasteiger partial charge is 0.375 e. The van der Waals surface area contributed by atoms with Crippen LogP contribution in [0, 0.1) is 0 Å². The molecule has 32 heavy (non-hydrogen) atoms. The Labute approximate surface area is 191 Å². The van der Waals surface area contributed by atoms with E-state index in [2.05, 4.69) is 10.6 Å². The Hall–Kier alpha value is -3.10. The molecule has 0 aromatic heterocycles. The quantitative estimate of drug-likeness (QED) is 0.722. The Bertz CT molecular complexity index is 1040. The van der Waals surface area contributed by atoms with Crippen LogP contribution in [0.2, 0.25) is 5.02 Å². The molecule has 2 aliphatic rings. The smallest absolute Gasteiger partial charge is 0.319 e. The van der Waals surface area contributed by atoms with Gasteiger partial charge in [-0.2, -0.15) is 0 Å². The van der Waals surface area contributed by atoms with Gasteiger partial charge in [0.25, 0.3) is 5.91 Å². The van der Waals surface area contributed by atoms with Gasteiger partial charge in [-0.1, -0.05) is 23.7 Å². The van der Waals surface area contributed by atoms with Gasteiger partial charge in [-0.25, -0.2) is 4.79 Å². The number of hydrogen-bond acceptors (Lipinski definition) is 4. The summed E-state index contributed by atoms with van der Waals surface area (Å²) in [6.07, 6.45) is 2.02. The summed E-state index contributed by atoms with van der Waals surface area (Å²) in [5.74, 6) is -0.274. The molecule has 1 atom stereocenters. The molecule has 0 saturated carbocycles. The molecular formula is C23H25ClN4O4. The number of anilines is 3. The summed E-state index contributed by atoms with van der Waals surface area (Å²) in [5.41, 5.74) is 3.06. The van der Waals surface area contributed by atoms with Crippen LogP contribution in [-0.4, -0.2) is 50.7 Å². The minimum absolute atomic E-state index is 0.0302. The predicted octanol–water partition coefficient (Wildman–Crippen LogP) is 3.19. The SMILES string of the molecule is COCC(=O)N1CCc2cc(NC(=O)NC3CCCN(c4ccccc4Cl)C3=O)ccc21. The van der Waals surface area contributed by atoms with E-state index in [-0.39, 0.29) is 18.4 Å². The molecule has 4 rings (SSSR count). The summed E-state index contributed by atoms with van der Waals surface area (Å²) >= 11 is 6.25. The van der Waals surface area contributed by atoms with Gasteiger partial charge < -0.3 is 25.2 Å². The van der Waals surface area contributed by atoms with Gasteiger partial charge in [-0.15, -0.1) is 0 Å². The highest BCUT2D eigenvalue weighted by Crippen LogP contribution is 2.31. The van der Waals surface area contributed by atoms with Gasteiger partial charge in [0.1, 0.15) is 12.6 Å². The molecule has 4 amide bonds. The maximum absolute atomic E-state index is 12.9. The van der Waals surface area contributed by atoms with Crippen LogP contribution in [-0.2, 0) is 20.7 Å². The zero-order chi connectivity index (χ0) is 22.7. The first-order valence-corrected chi connectivity index (χ1v) is 10.9. The van der Waals surface area contributed by atoms with Crippen molar-refractivity contribution < 1.29 is 19.1 Å². The Morgan fingerprint density at radius 1 is 1.16 bits per heavy atom. The van der Waals surface area contributed by atoms with Gasteiger partial charge >= 0.3 is 6.03 Å². The molecular weight excluding hydrogens is 432 g/mol. The molecule has 0 bridgehead atoms. The van der Waals surface area contributed by atoms with Crippen molar-refractivity contribution in [2.75, 3.05) is 41.9 Å². The van der Waals surface area contributed by atoms with Crippen molar-refractivity contribution in [3.05, 3.63) is 53.1 Å². The van der Waals surface area contributed by atoms with Crippen LogP contribution >= 0.6 is 11.6 Å². The molecule has 8 nitrogen and oxygen atoms in total. The third-order valence-electron chi connectivity index (χ3n) is 5.69. The summed E-state index contributed by atoms with van der Waals surface area (Å²) in [6, 6.07) is 11.5. The van der Waals surface area contributed by atoms with Crippen LogP contribution in [0.15, 0.2) is 42.5 Å². The third kappa shape index (κ3) is 4.56. The highest BCUT2D eigenvalue weighted by atomic mass is 35.5. The number of ether oxygens (including phenoxy) is 1. The number of amides is 4. The molecule has 1 saturated heterocycles. The molecule has 2 heterocycles. The van der Waals surface area contributed by atoms with E-state index in [1.165, 1.54) is 7.11 Å². The van der Waals surface area contributed by atoms with E-state index >= 15 is 0 Å². The van der Waals surface area contributed by atoms with Crippen molar-refractivity contribution in [1.82, 2.24) is 5.32 Å². The zero-order valence-electron chi connectivity index (χ0n) is 17.8. The lowest BCUT2D eigenvalue weighted by Gasteiger charge is -2.33. The first kappa shape index (κ1) is 22.1. The normalized spacial score (nSPS) is 17.8. The molecule has 0 aliphatic carbocycles. The van der Waals surface area contributed by atoms with E-state index < -0.39 is 12.1 Å². The number of fused-ring (bicyclic) bond motifs is 1. The molecule has 1 unspecified atom stereocenters. The number of nitrogens with zero attached hydrogens (tertiary/aromatic N) is 2. The van der Waals surface area contributed by atoms with Crippen LogP contribution in [0.3, 0.4) is 0 Å². The number of urea groups is 1. The fraction of sp³-hybridized carbons (Fsp3) is 0.348. The number of carbonyl (C=O) groups is 3.